The van der Waals surface area contributed by atoms with E-state index >= 15 is 0 Å². The minimum atomic E-state index is -0.661. The molecule has 0 saturated carbocycles. The number of fused-ring (bicyclic) bond motifs is 1. The van der Waals surface area contributed by atoms with E-state index in [1.807, 2.05) is 38.1 Å². The van der Waals surface area contributed by atoms with Gasteiger partial charge in [0, 0.05) is 6.04 Å². The fourth-order valence-corrected chi connectivity index (χ4v) is 2.01. The lowest BCUT2D eigenvalue weighted by atomic mass is 10.1. The summed E-state index contributed by atoms with van der Waals surface area (Å²) >= 11 is 0. The molecule has 0 aliphatic carbocycles. The van der Waals surface area contributed by atoms with Gasteiger partial charge in [-0.3, -0.25) is 4.79 Å². The molecule has 112 valence electrons. The first kappa shape index (κ1) is 15.2. The van der Waals surface area contributed by atoms with Crippen LogP contribution in [0.2, 0.25) is 0 Å². The highest BCUT2D eigenvalue weighted by atomic mass is 16.5. The van der Waals surface area contributed by atoms with Gasteiger partial charge in [-0.15, -0.1) is 0 Å². The summed E-state index contributed by atoms with van der Waals surface area (Å²) in [5, 5.41) is 14.8. The van der Waals surface area contributed by atoms with Crippen LogP contribution in [0.15, 0.2) is 36.4 Å². The van der Waals surface area contributed by atoms with Crippen molar-refractivity contribution in [1.29, 1.82) is 0 Å². The van der Waals surface area contributed by atoms with Crippen molar-refractivity contribution in [3.8, 4) is 11.5 Å². The molecule has 0 aliphatic rings. The molecule has 2 aromatic carbocycles. The van der Waals surface area contributed by atoms with E-state index in [1.54, 1.807) is 19.1 Å². The average Bonchev–Trinajstić information content (AvgIpc) is 2.47. The Morgan fingerprint density at radius 3 is 2.48 bits per heavy atom. The van der Waals surface area contributed by atoms with Crippen LogP contribution in [0.5, 0.6) is 11.5 Å². The maximum Gasteiger partial charge on any atom is 0.260 e. The maximum absolute atomic E-state index is 12.0. The highest BCUT2D eigenvalue weighted by Crippen LogP contribution is 2.32. The molecule has 0 spiro atoms. The number of hydrogen-bond acceptors (Lipinski definition) is 3. The van der Waals surface area contributed by atoms with Gasteiger partial charge < -0.3 is 15.2 Å². The third-order valence-corrected chi connectivity index (χ3v) is 3.50. The number of ether oxygens (including phenoxy) is 1. The summed E-state index contributed by atoms with van der Waals surface area (Å²) in [4.78, 5) is 12.0. The van der Waals surface area contributed by atoms with Gasteiger partial charge >= 0.3 is 0 Å². The molecule has 2 atom stereocenters. The van der Waals surface area contributed by atoms with Crippen molar-refractivity contribution in [3.05, 3.63) is 36.4 Å². The van der Waals surface area contributed by atoms with Crippen LogP contribution in [0, 0.1) is 0 Å². The van der Waals surface area contributed by atoms with Gasteiger partial charge in [-0.2, -0.15) is 0 Å². The summed E-state index contributed by atoms with van der Waals surface area (Å²) in [5.74, 6) is 0.175. The number of nitrogens with one attached hydrogen (secondary N) is 1. The average molecular weight is 287 g/mol. The van der Waals surface area contributed by atoms with Gasteiger partial charge in [0.1, 0.15) is 0 Å². The van der Waals surface area contributed by atoms with Crippen LogP contribution in [0.25, 0.3) is 10.8 Å². The highest BCUT2D eigenvalue weighted by Gasteiger charge is 2.18. The highest BCUT2D eigenvalue weighted by molar-refractivity contribution is 5.86. The zero-order valence-corrected chi connectivity index (χ0v) is 12.6. The van der Waals surface area contributed by atoms with Crippen molar-refractivity contribution in [2.45, 2.75) is 39.3 Å². The van der Waals surface area contributed by atoms with Crippen LogP contribution in [-0.2, 0) is 4.79 Å². The van der Waals surface area contributed by atoms with Crippen LogP contribution < -0.4 is 10.1 Å². The zero-order chi connectivity index (χ0) is 15.4. The number of phenolic OH excluding ortho intramolecular Hbond substituents is 1. The van der Waals surface area contributed by atoms with E-state index in [-0.39, 0.29) is 17.7 Å². The Morgan fingerprint density at radius 1 is 1.24 bits per heavy atom. The largest absolute Gasteiger partial charge is 0.504 e. The Balaban J connectivity index is 2.15. The summed E-state index contributed by atoms with van der Waals surface area (Å²) in [6, 6.07) is 11.2. The van der Waals surface area contributed by atoms with Crippen molar-refractivity contribution in [2.24, 2.45) is 0 Å². The van der Waals surface area contributed by atoms with Crippen LogP contribution in [0.4, 0.5) is 0 Å². The molecule has 4 heteroatoms. The maximum atomic E-state index is 12.0. The molecular formula is C17H21NO3. The van der Waals surface area contributed by atoms with Gasteiger partial charge in [0.25, 0.3) is 5.91 Å². The second-order valence-electron chi connectivity index (χ2n) is 5.25. The normalized spacial score (nSPS) is 13.7. The van der Waals surface area contributed by atoms with Crippen molar-refractivity contribution in [2.75, 3.05) is 0 Å². The van der Waals surface area contributed by atoms with Crippen molar-refractivity contribution in [1.82, 2.24) is 5.32 Å². The molecule has 0 saturated heterocycles. The van der Waals surface area contributed by atoms with E-state index in [1.165, 1.54) is 0 Å². The molecule has 2 rings (SSSR count). The standard InChI is InChI=1S/C17H21NO3/c1-4-11(2)18-17(20)12(3)21-16-10-14-8-6-5-7-13(14)9-15(16)19/h5-12,19H,4H2,1-3H3,(H,18,20). The molecule has 1 amide bonds. The van der Waals surface area contributed by atoms with Crippen LogP contribution in [-0.4, -0.2) is 23.2 Å². The molecule has 0 aliphatic heterocycles. The Bertz CT molecular complexity index is 639. The molecule has 0 bridgehead atoms. The molecule has 0 heterocycles. The quantitative estimate of drug-likeness (QED) is 0.887. The van der Waals surface area contributed by atoms with E-state index in [0.717, 1.165) is 17.2 Å². The fourth-order valence-electron chi connectivity index (χ4n) is 2.01. The molecule has 0 fully saturated rings. The van der Waals surface area contributed by atoms with E-state index in [2.05, 4.69) is 5.32 Å². The fraction of sp³-hybridized carbons (Fsp3) is 0.353. The predicted molar refractivity (Wildman–Crippen MR) is 83.6 cm³/mol. The second-order valence-corrected chi connectivity index (χ2v) is 5.25. The Labute approximate surface area is 124 Å². The molecule has 0 aromatic heterocycles. The minimum Gasteiger partial charge on any atom is -0.504 e. The molecule has 2 unspecified atom stereocenters. The summed E-state index contributed by atoms with van der Waals surface area (Å²) in [6.45, 7) is 5.62. The number of carbonyl (C=O) groups is 1. The first-order valence-electron chi connectivity index (χ1n) is 7.20. The molecule has 4 nitrogen and oxygen atoms in total. The summed E-state index contributed by atoms with van der Waals surface area (Å²) in [6.07, 6.45) is 0.200. The van der Waals surface area contributed by atoms with Gasteiger partial charge in [-0.05, 0) is 43.2 Å². The van der Waals surface area contributed by atoms with Crippen molar-refractivity contribution >= 4 is 16.7 Å². The Kier molecular flexibility index (Phi) is 4.68. The Hall–Kier alpha value is -2.23. The Morgan fingerprint density at radius 2 is 1.86 bits per heavy atom. The monoisotopic (exact) mass is 287 g/mol. The van der Waals surface area contributed by atoms with Crippen molar-refractivity contribution in [3.63, 3.8) is 0 Å². The van der Waals surface area contributed by atoms with E-state index in [9.17, 15) is 9.90 Å². The summed E-state index contributed by atoms with van der Waals surface area (Å²) in [7, 11) is 0. The first-order valence-corrected chi connectivity index (χ1v) is 7.20. The van der Waals surface area contributed by atoms with Gasteiger partial charge in [0.2, 0.25) is 0 Å². The van der Waals surface area contributed by atoms with Gasteiger partial charge in [-0.1, -0.05) is 31.2 Å². The first-order chi connectivity index (χ1) is 10.0. The number of phenols is 1. The number of amides is 1. The van der Waals surface area contributed by atoms with Crippen LogP contribution in [0.3, 0.4) is 0 Å². The third kappa shape index (κ3) is 3.66. The number of carbonyl (C=O) groups excluding carboxylic acids is 1. The lowest BCUT2D eigenvalue weighted by Crippen LogP contribution is -2.40. The number of benzene rings is 2. The number of hydrogen-bond donors (Lipinski definition) is 2. The zero-order valence-electron chi connectivity index (χ0n) is 12.6. The van der Waals surface area contributed by atoms with Crippen LogP contribution >= 0.6 is 0 Å². The third-order valence-electron chi connectivity index (χ3n) is 3.50. The van der Waals surface area contributed by atoms with Crippen LogP contribution in [0.1, 0.15) is 27.2 Å². The van der Waals surface area contributed by atoms with Gasteiger partial charge in [0.15, 0.2) is 17.6 Å². The lowest BCUT2D eigenvalue weighted by molar-refractivity contribution is -0.127. The molecular weight excluding hydrogens is 266 g/mol. The van der Waals surface area contributed by atoms with Gasteiger partial charge in [-0.25, -0.2) is 0 Å². The SMILES string of the molecule is CCC(C)NC(=O)C(C)Oc1cc2ccccc2cc1O. The molecule has 2 N–H and O–H groups in total. The predicted octanol–water partition coefficient (Wildman–Crippen LogP) is 3.23. The smallest absolute Gasteiger partial charge is 0.260 e. The van der Waals surface area contributed by atoms with E-state index in [0.29, 0.717) is 5.75 Å². The summed E-state index contributed by atoms with van der Waals surface area (Å²) < 4.78 is 5.60. The molecule has 21 heavy (non-hydrogen) atoms. The topological polar surface area (TPSA) is 58.6 Å². The molecule has 0 radical (unpaired) electrons. The van der Waals surface area contributed by atoms with Gasteiger partial charge in [0.05, 0.1) is 0 Å². The lowest BCUT2D eigenvalue weighted by Gasteiger charge is -2.18. The molecule has 2 aromatic rings. The number of rotatable bonds is 5. The second kappa shape index (κ2) is 6.48. The minimum absolute atomic E-state index is 0.0388. The number of aromatic hydroxyl groups is 1. The van der Waals surface area contributed by atoms with E-state index in [4.69, 9.17) is 4.74 Å². The summed E-state index contributed by atoms with van der Waals surface area (Å²) in [5.41, 5.74) is 0. The van der Waals surface area contributed by atoms with E-state index < -0.39 is 6.10 Å². The van der Waals surface area contributed by atoms with Crippen molar-refractivity contribution < 1.29 is 14.6 Å².